The molecule has 114 valence electrons. The van der Waals surface area contributed by atoms with Gasteiger partial charge in [-0.3, -0.25) is 4.79 Å². The van der Waals surface area contributed by atoms with E-state index in [9.17, 15) is 4.79 Å². The number of amides is 1. The average Bonchev–Trinajstić information content (AvgIpc) is 2.58. The summed E-state index contributed by atoms with van der Waals surface area (Å²) in [4.78, 5) is 14.5. The van der Waals surface area contributed by atoms with E-state index >= 15 is 0 Å². The number of nitrogens with zero attached hydrogens (tertiary/aromatic N) is 1. The minimum absolute atomic E-state index is 0.0178. The Kier molecular flexibility index (Phi) is 4.54. The molecule has 3 heteroatoms. The Labute approximate surface area is 131 Å². The van der Waals surface area contributed by atoms with Crippen LogP contribution in [0.5, 0.6) is 0 Å². The number of hydrogen-bond acceptors (Lipinski definition) is 2. The maximum Gasteiger partial charge on any atom is 0.227 e. The van der Waals surface area contributed by atoms with Crippen LogP contribution < -0.4 is 0 Å². The molecule has 0 aliphatic carbocycles. The summed E-state index contributed by atoms with van der Waals surface area (Å²) in [6.07, 6.45) is 0.449. The zero-order valence-corrected chi connectivity index (χ0v) is 12.9. The molecule has 1 saturated heterocycles. The highest BCUT2D eigenvalue weighted by molar-refractivity contribution is 5.79. The van der Waals surface area contributed by atoms with E-state index in [2.05, 4.69) is 25.1 Å². The molecule has 0 radical (unpaired) electrons. The summed E-state index contributed by atoms with van der Waals surface area (Å²) < 4.78 is 5.82. The Balaban J connectivity index is 1.67. The zero-order valence-electron chi connectivity index (χ0n) is 12.9. The van der Waals surface area contributed by atoms with E-state index in [0.717, 1.165) is 11.1 Å². The third-order valence-corrected chi connectivity index (χ3v) is 4.19. The maximum atomic E-state index is 12.6. The van der Waals surface area contributed by atoms with Crippen molar-refractivity contribution in [3.05, 3.63) is 71.3 Å². The molecule has 22 heavy (non-hydrogen) atoms. The molecule has 3 nitrogen and oxygen atoms in total. The number of aryl methyl sites for hydroxylation is 1. The molecule has 0 N–H and O–H groups in total. The van der Waals surface area contributed by atoms with Crippen molar-refractivity contribution >= 4 is 5.91 Å². The Morgan fingerprint density at radius 2 is 1.86 bits per heavy atom. The highest BCUT2D eigenvalue weighted by atomic mass is 16.5. The largest absolute Gasteiger partial charge is 0.370 e. The Morgan fingerprint density at radius 1 is 1.14 bits per heavy atom. The number of carbonyl (C=O) groups excluding carboxylic acids is 1. The molecular formula is C19H21NO2. The van der Waals surface area contributed by atoms with Crippen molar-refractivity contribution < 1.29 is 9.53 Å². The molecule has 1 atom stereocenters. The van der Waals surface area contributed by atoms with E-state index in [0.29, 0.717) is 26.1 Å². The molecule has 2 aromatic carbocycles. The van der Waals surface area contributed by atoms with Gasteiger partial charge in [-0.15, -0.1) is 0 Å². The molecule has 0 bridgehead atoms. The SMILES string of the molecule is Cc1ccccc1CC(=O)N1CCOC(c2ccccc2)C1. The molecule has 1 aliphatic heterocycles. The first-order valence-corrected chi connectivity index (χ1v) is 7.73. The van der Waals surface area contributed by atoms with Gasteiger partial charge in [-0.2, -0.15) is 0 Å². The number of ether oxygens (including phenoxy) is 1. The highest BCUT2D eigenvalue weighted by Gasteiger charge is 2.25. The second-order valence-corrected chi connectivity index (χ2v) is 5.71. The van der Waals surface area contributed by atoms with E-state index in [1.807, 2.05) is 41.3 Å². The van der Waals surface area contributed by atoms with Gasteiger partial charge >= 0.3 is 0 Å². The van der Waals surface area contributed by atoms with Gasteiger partial charge < -0.3 is 9.64 Å². The van der Waals surface area contributed by atoms with Crippen LogP contribution in [0.3, 0.4) is 0 Å². The monoisotopic (exact) mass is 295 g/mol. The summed E-state index contributed by atoms with van der Waals surface area (Å²) >= 11 is 0. The summed E-state index contributed by atoms with van der Waals surface area (Å²) in [6, 6.07) is 18.2. The van der Waals surface area contributed by atoms with Crippen LogP contribution in [-0.4, -0.2) is 30.5 Å². The molecule has 1 amide bonds. The lowest BCUT2D eigenvalue weighted by Crippen LogP contribution is -2.43. The predicted molar refractivity (Wildman–Crippen MR) is 86.6 cm³/mol. The molecule has 1 aliphatic rings. The molecule has 1 heterocycles. The molecule has 3 rings (SSSR count). The summed E-state index contributed by atoms with van der Waals surface area (Å²) in [5.74, 6) is 0.179. The van der Waals surface area contributed by atoms with Gasteiger partial charge in [-0.05, 0) is 23.6 Å². The van der Waals surface area contributed by atoms with Crippen molar-refractivity contribution in [2.75, 3.05) is 19.7 Å². The molecule has 0 spiro atoms. The van der Waals surface area contributed by atoms with Crippen molar-refractivity contribution in [2.24, 2.45) is 0 Å². The van der Waals surface area contributed by atoms with Crippen LogP contribution in [0.4, 0.5) is 0 Å². The van der Waals surface area contributed by atoms with Crippen LogP contribution in [0.15, 0.2) is 54.6 Å². The number of benzene rings is 2. The van der Waals surface area contributed by atoms with Crippen LogP contribution in [-0.2, 0) is 16.0 Å². The van der Waals surface area contributed by atoms with Gasteiger partial charge in [0.2, 0.25) is 5.91 Å². The maximum absolute atomic E-state index is 12.6. The lowest BCUT2D eigenvalue weighted by Gasteiger charge is -2.33. The number of hydrogen-bond donors (Lipinski definition) is 0. The fraction of sp³-hybridized carbons (Fsp3) is 0.316. The summed E-state index contributed by atoms with van der Waals surface area (Å²) in [6.45, 7) is 3.95. The van der Waals surface area contributed by atoms with Crippen molar-refractivity contribution in [1.29, 1.82) is 0 Å². The minimum atomic E-state index is -0.0178. The van der Waals surface area contributed by atoms with E-state index in [1.54, 1.807) is 0 Å². The number of morpholine rings is 1. The lowest BCUT2D eigenvalue weighted by atomic mass is 10.0. The number of carbonyl (C=O) groups is 1. The summed E-state index contributed by atoms with van der Waals surface area (Å²) in [5, 5.41) is 0. The Bertz CT molecular complexity index is 639. The third kappa shape index (κ3) is 3.37. The fourth-order valence-corrected chi connectivity index (χ4v) is 2.83. The van der Waals surface area contributed by atoms with Gasteiger partial charge in [-0.1, -0.05) is 54.6 Å². The van der Waals surface area contributed by atoms with Gasteiger partial charge in [-0.25, -0.2) is 0 Å². The molecule has 1 fully saturated rings. The zero-order chi connectivity index (χ0) is 15.4. The Hall–Kier alpha value is -2.13. The minimum Gasteiger partial charge on any atom is -0.370 e. The normalized spacial score (nSPS) is 18.2. The summed E-state index contributed by atoms with van der Waals surface area (Å²) in [5.41, 5.74) is 3.41. The van der Waals surface area contributed by atoms with Crippen molar-refractivity contribution in [1.82, 2.24) is 4.90 Å². The summed E-state index contributed by atoms with van der Waals surface area (Å²) in [7, 11) is 0. The van der Waals surface area contributed by atoms with E-state index in [4.69, 9.17) is 4.74 Å². The van der Waals surface area contributed by atoms with Crippen molar-refractivity contribution in [3.8, 4) is 0 Å². The van der Waals surface area contributed by atoms with Gasteiger partial charge in [0.1, 0.15) is 6.10 Å². The average molecular weight is 295 g/mol. The smallest absolute Gasteiger partial charge is 0.227 e. The molecular weight excluding hydrogens is 274 g/mol. The fourth-order valence-electron chi connectivity index (χ4n) is 2.83. The second-order valence-electron chi connectivity index (χ2n) is 5.71. The van der Waals surface area contributed by atoms with Gasteiger partial charge in [0, 0.05) is 6.54 Å². The van der Waals surface area contributed by atoms with Gasteiger partial charge in [0.25, 0.3) is 0 Å². The Morgan fingerprint density at radius 3 is 2.64 bits per heavy atom. The first kappa shape index (κ1) is 14.8. The topological polar surface area (TPSA) is 29.5 Å². The molecule has 1 unspecified atom stereocenters. The van der Waals surface area contributed by atoms with Crippen LogP contribution in [0.2, 0.25) is 0 Å². The van der Waals surface area contributed by atoms with Gasteiger partial charge in [0.15, 0.2) is 0 Å². The van der Waals surface area contributed by atoms with Gasteiger partial charge in [0.05, 0.1) is 19.6 Å². The standard InChI is InChI=1S/C19H21NO2/c1-15-7-5-6-10-17(15)13-19(21)20-11-12-22-18(14-20)16-8-3-2-4-9-16/h2-10,18H,11-14H2,1H3. The number of rotatable bonds is 3. The van der Waals surface area contributed by atoms with Crippen LogP contribution in [0.1, 0.15) is 22.8 Å². The van der Waals surface area contributed by atoms with Crippen LogP contribution >= 0.6 is 0 Å². The van der Waals surface area contributed by atoms with E-state index in [-0.39, 0.29) is 12.0 Å². The van der Waals surface area contributed by atoms with Crippen molar-refractivity contribution in [3.63, 3.8) is 0 Å². The van der Waals surface area contributed by atoms with Crippen LogP contribution in [0, 0.1) is 6.92 Å². The quantitative estimate of drug-likeness (QED) is 0.870. The van der Waals surface area contributed by atoms with Crippen LogP contribution in [0.25, 0.3) is 0 Å². The predicted octanol–water partition coefficient (Wildman–Crippen LogP) is 3.14. The highest BCUT2D eigenvalue weighted by Crippen LogP contribution is 2.22. The molecule has 0 saturated carbocycles. The third-order valence-electron chi connectivity index (χ3n) is 4.19. The van der Waals surface area contributed by atoms with E-state index < -0.39 is 0 Å². The molecule has 0 aromatic heterocycles. The first-order valence-electron chi connectivity index (χ1n) is 7.73. The molecule has 2 aromatic rings. The van der Waals surface area contributed by atoms with E-state index in [1.165, 1.54) is 5.56 Å². The first-order chi connectivity index (χ1) is 10.7. The van der Waals surface area contributed by atoms with Crippen molar-refractivity contribution in [2.45, 2.75) is 19.4 Å². The lowest BCUT2D eigenvalue weighted by molar-refractivity contribution is -0.138. The second kappa shape index (κ2) is 6.75.